The molecule has 154 valence electrons. The summed E-state index contributed by atoms with van der Waals surface area (Å²) in [5.74, 6) is 1.19. The summed E-state index contributed by atoms with van der Waals surface area (Å²) in [5, 5.41) is 4.06. The number of thiocarbonyl (C=S) groups is 1. The highest BCUT2D eigenvalue weighted by Crippen LogP contribution is 2.16. The number of carbonyl (C=O) groups excluding carboxylic acids is 1. The number of quaternary nitrogens is 1. The first kappa shape index (κ1) is 20.9. The Kier molecular flexibility index (Phi) is 7.91. The molecule has 28 heavy (non-hydrogen) atoms. The van der Waals surface area contributed by atoms with Crippen LogP contribution in [0.25, 0.3) is 0 Å². The average Bonchev–Trinajstić information content (AvgIpc) is 3.00. The van der Waals surface area contributed by atoms with E-state index < -0.39 is 0 Å². The van der Waals surface area contributed by atoms with E-state index in [0.29, 0.717) is 19.1 Å². The lowest BCUT2D eigenvalue weighted by Gasteiger charge is -2.34. The maximum atomic E-state index is 12.6. The van der Waals surface area contributed by atoms with Crippen molar-refractivity contribution in [2.24, 2.45) is 0 Å². The fourth-order valence-corrected chi connectivity index (χ4v) is 4.15. The standard InChI is InChI=1S/C21H32N4O2S/c1-2-27-19-9-7-18(8-10-19)22-21(28)25-15-13-23(14-16-25)17-20(26)24-11-5-3-4-6-12-24/h7-10H,2-6,11-17H2,1H3,(H,22,28)/p+1. The number of nitrogens with zero attached hydrogens (tertiary/aromatic N) is 2. The summed E-state index contributed by atoms with van der Waals surface area (Å²) in [4.78, 5) is 18.2. The van der Waals surface area contributed by atoms with E-state index in [1.54, 1.807) is 0 Å². The van der Waals surface area contributed by atoms with Gasteiger partial charge in [0.2, 0.25) is 0 Å². The van der Waals surface area contributed by atoms with Crippen molar-refractivity contribution in [1.29, 1.82) is 0 Å². The smallest absolute Gasteiger partial charge is 0.277 e. The minimum Gasteiger partial charge on any atom is -0.494 e. The van der Waals surface area contributed by atoms with E-state index in [2.05, 4.69) is 15.1 Å². The predicted molar refractivity (Wildman–Crippen MR) is 116 cm³/mol. The first-order valence-electron chi connectivity index (χ1n) is 10.6. The Balaban J connectivity index is 1.41. The summed E-state index contributed by atoms with van der Waals surface area (Å²) in [6.07, 6.45) is 4.82. The van der Waals surface area contributed by atoms with E-state index in [9.17, 15) is 4.79 Å². The van der Waals surface area contributed by atoms with E-state index in [1.165, 1.54) is 17.7 Å². The van der Waals surface area contributed by atoms with Gasteiger partial charge in [-0.15, -0.1) is 0 Å². The Morgan fingerprint density at radius 2 is 1.68 bits per heavy atom. The molecule has 2 aliphatic heterocycles. The Bertz CT molecular complexity index is 636. The first-order chi connectivity index (χ1) is 13.7. The van der Waals surface area contributed by atoms with Crippen molar-refractivity contribution in [3.05, 3.63) is 24.3 Å². The maximum absolute atomic E-state index is 12.6. The van der Waals surface area contributed by atoms with Crippen LogP contribution in [-0.2, 0) is 4.79 Å². The summed E-state index contributed by atoms with van der Waals surface area (Å²) in [6, 6.07) is 7.87. The van der Waals surface area contributed by atoms with Gasteiger partial charge in [-0.05, 0) is 56.2 Å². The molecule has 2 heterocycles. The molecule has 3 rings (SSSR count). The van der Waals surface area contributed by atoms with Crippen LogP contribution in [0.3, 0.4) is 0 Å². The molecule has 6 nitrogen and oxygen atoms in total. The molecule has 2 aliphatic rings. The second kappa shape index (κ2) is 10.6. The lowest BCUT2D eigenvalue weighted by atomic mass is 10.2. The Hall–Kier alpha value is -1.86. The van der Waals surface area contributed by atoms with Crippen LogP contribution in [-0.4, -0.2) is 73.2 Å². The number of likely N-dealkylation sites (tertiary alicyclic amines) is 1. The Morgan fingerprint density at radius 3 is 2.29 bits per heavy atom. The van der Waals surface area contributed by atoms with E-state index in [0.717, 1.165) is 68.7 Å². The first-order valence-corrected chi connectivity index (χ1v) is 11.0. The molecule has 1 aromatic carbocycles. The summed E-state index contributed by atoms with van der Waals surface area (Å²) in [5.41, 5.74) is 0.972. The summed E-state index contributed by atoms with van der Waals surface area (Å²) >= 11 is 5.58. The largest absolute Gasteiger partial charge is 0.494 e. The van der Waals surface area contributed by atoms with Gasteiger partial charge >= 0.3 is 0 Å². The van der Waals surface area contributed by atoms with Gasteiger partial charge in [0, 0.05) is 18.8 Å². The molecule has 1 amide bonds. The number of benzene rings is 1. The number of rotatable bonds is 5. The van der Waals surface area contributed by atoms with Crippen molar-refractivity contribution in [3.8, 4) is 5.75 Å². The van der Waals surface area contributed by atoms with Gasteiger partial charge in [-0.1, -0.05) is 12.8 Å². The minimum absolute atomic E-state index is 0.320. The van der Waals surface area contributed by atoms with Gasteiger partial charge in [0.1, 0.15) is 5.75 Å². The van der Waals surface area contributed by atoms with E-state index in [1.807, 2.05) is 31.2 Å². The van der Waals surface area contributed by atoms with E-state index >= 15 is 0 Å². The normalized spacial score (nSPS) is 18.5. The van der Waals surface area contributed by atoms with Crippen LogP contribution in [0, 0.1) is 0 Å². The quantitative estimate of drug-likeness (QED) is 0.725. The molecule has 2 fully saturated rings. The molecular weight excluding hydrogens is 372 g/mol. The van der Waals surface area contributed by atoms with Crippen molar-refractivity contribution in [3.63, 3.8) is 0 Å². The molecule has 0 radical (unpaired) electrons. The molecule has 2 saturated heterocycles. The lowest BCUT2D eigenvalue weighted by Crippen LogP contribution is -3.15. The van der Waals surface area contributed by atoms with Crippen molar-refractivity contribution >= 4 is 28.9 Å². The van der Waals surface area contributed by atoms with Crippen LogP contribution in [0.15, 0.2) is 24.3 Å². The highest BCUT2D eigenvalue weighted by atomic mass is 32.1. The fourth-order valence-electron chi connectivity index (χ4n) is 3.85. The van der Waals surface area contributed by atoms with Crippen LogP contribution in [0.2, 0.25) is 0 Å². The molecule has 0 spiro atoms. The van der Waals surface area contributed by atoms with Gasteiger partial charge in [0.25, 0.3) is 5.91 Å². The van der Waals surface area contributed by atoms with Gasteiger partial charge < -0.3 is 24.8 Å². The molecule has 0 aliphatic carbocycles. The summed E-state index contributed by atoms with van der Waals surface area (Å²) in [6.45, 7) is 8.80. The number of hydrogen-bond acceptors (Lipinski definition) is 3. The van der Waals surface area contributed by atoms with Gasteiger partial charge in [-0.25, -0.2) is 0 Å². The van der Waals surface area contributed by atoms with Crippen molar-refractivity contribution in [1.82, 2.24) is 9.80 Å². The van der Waals surface area contributed by atoms with Crippen LogP contribution >= 0.6 is 12.2 Å². The maximum Gasteiger partial charge on any atom is 0.277 e. The highest BCUT2D eigenvalue weighted by molar-refractivity contribution is 7.80. The van der Waals surface area contributed by atoms with Crippen LogP contribution in [0.1, 0.15) is 32.6 Å². The Morgan fingerprint density at radius 1 is 1.04 bits per heavy atom. The summed E-state index contributed by atoms with van der Waals surface area (Å²) in [7, 11) is 0. The molecule has 7 heteroatoms. The lowest BCUT2D eigenvalue weighted by molar-refractivity contribution is -0.896. The molecule has 0 unspecified atom stereocenters. The van der Waals surface area contributed by atoms with Crippen molar-refractivity contribution in [2.45, 2.75) is 32.6 Å². The van der Waals surface area contributed by atoms with Gasteiger partial charge in [-0.2, -0.15) is 0 Å². The summed E-state index contributed by atoms with van der Waals surface area (Å²) < 4.78 is 5.47. The van der Waals surface area contributed by atoms with E-state index in [-0.39, 0.29) is 0 Å². The number of amides is 1. The number of anilines is 1. The van der Waals surface area contributed by atoms with Crippen LogP contribution < -0.4 is 15.0 Å². The molecule has 0 aromatic heterocycles. The zero-order valence-electron chi connectivity index (χ0n) is 16.9. The molecule has 2 N–H and O–H groups in total. The van der Waals surface area contributed by atoms with E-state index in [4.69, 9.17) is 17.0 Å². The van der Waals surface area contributed by atoms with Crippen LogP contribution in [0.5, 0.6) is 5.75 Å². The topological polar surface area (TPSA) is 49.3 Å². The van der Waals surface area contributed by atoms with Gasteiger partial charge in [0.05, 0.1) is 32.8 Å². The average molecular weight is 406 g/mol. The molecule has 0 atom stereocenters. The molecule has 1 aromatic rings. The zero-order chi connectivity index (χ0) is 19.8. The fraction of sp³-hybridized carbons (Fsp3) is 0.619. The second-order valence-corrected chi connectivity index (χ2v) is 7.98. The third kappa shape index (κ3) is 6.07. The number of carbonyl (C=O) groups is 1. The SMILES string of the molecule is CCOc1ccc(NC(=S)N2CC[NH+](CC(=O)N3CCCCCC3)CC2)cc1. The number of nitrogens with one attached hydrogen (secondary N) is 2. The molecular formula is C21H33N4O2S+. The monoisotopic (exact) mass is 405 g/mol. The van der Waals surface area contributed by atoms with Crippen molar-refractivity contribution in [2.75, 3.05) is 57.7 Å². The molecule has 0 saturated carbocycles. The number of piperazine rings is 1. The van der Waals surface area contributed by atoms with Crippen molar-refractivity contribution < 1.29 is 14.4 Å². The van der Waals surface area contributed by atoms with Gasteiger partial charge in [-0.3, -0.25) is 4.79 Å². The minimum atomic E-state index is 0.320. The Labute approximate surface area is 173 Å². The highest BCUT2D eigenvalue weighted by Gasteiger charge is 2.26. The second-order valence-electron chi connectivity index (χ2n) is 7.60. The predicted octanol–water partition coefficient (Wildman–Crippen LogP) is 1.39. The number of ether oxygens (including phenoxy) is 1. The van der Waals surface area contributed by atoms with Crippen LogP contribution in [0.4, 0.5) is 5.69 Å². The number of hydrogen-bond donors (Lipinski definition) is 2. The third-order valence-corrected chi connectivity index (χ3v) is 5.89. The third-order valence-electron chi connectivity index (χ3n) is 5.53. The zero-order valence-corrected chi connectivity index (χ0v) is 17.7. The van der Waals surface area contributed by atoms with Gasteiger partial charge in [0.15, 0.2) is 11.7 Å². The molecule has 0 bridgehead atoms.